The zero-order valence-electron chi connectivity index (χ0n) is 11.1. The summed E-state index contributed by atoms with van der Waals surface area (Å²) in [5, 5.41) is 3.36. The molecule has 0 fully saturated rings. The lowest BCUT2D eigenvalue weighted by molar-refractivity contribution is 0.557. The highest BCUT2D eigenvalue weighted by Gasteiger charge is 2.20. The van der Waals surface area contributed by atoms with E-state index in [1.807, 2.05) is 25.4 Å². The van der Waals surface area contributed by atoms with Crippen molar-refractivity contribution in [1.82, 2.24) is 9.97 Å². The van der Waals surface area contributed by atoms with Gasteiger partial charge in [-0.1, -0.05) is 13.8 Å². The van der Waals surface area contributed by atoms with Crippen LogP contribution in [0.3, 0.4) is 0 Å². The molecular formula is C14H20N4. The number of H-pyrrole nitrogens is 1. The Hall–Kier alpha value is -1.97. The number of aromatic amines is 1. The molecule has 4 heteroatoms. The number of rotatable bonds is 4. The van der Waals surface area contributed by atoms with E-state index in [-0.39, 0.29) is 5.41 Å². The van der Waals surface area contributed by atoms with Crippen molar-refractivity contribution in [3.05, 3.63) is 41.9 Å². The van der Waals surface area contributed by atoms with Crippen molar-refractivity contribution < 1.29 is 0 Å². The fraction of sp³-hybridized carbons (Fsp3) is 0.357. The molecule has 2 heterocycles. The van der Waals surface area contributed by atoms with Crippen LogP contribution in [0.5, 0.6) is 0 Å². The second-order valence-corrected chi connectivity index (χ2v) is 5.26. The third-order valence-corrected chi connectivity index (χ3v) is 3.24. The smallest absolute Gasteiger partial charge is 0.126 e. The lowest BCUT2D eigenvalue weighted by Crippen LogP contribution is -2.27. The molecule has 96 valence electrons. The van der Waals surface area contributed by atoms with Crippen LogP contribution in [0.1, 0.15) is 25.0 Å². The summed E-state index contributed by atoms with van der Waals surface area (Å²) in [5.74, 6) is 0.866. The van der Waals surface area contributed by atoms with Crippen LogP contribution in [-0.2, 0) is 5.41 Å². The average molecular weight is 244 g/mol. The first-order valence-electron chi connectivity index (χ1n) is 6.08. The number of pyridine rings is 1. The van der Waals surface area contributed by atoms with E-state index in [4.69, 9.17) is 5.73 Å². The first-order valence-corrected chi connectivity index (χ1v) is 6.08. The van der Waals surface area contributed by atoms with E-state index in [1.165, 1.54) is 5.56 Å². The predicted molar refractivity (Wildman–Crippen MR) is 75.7 cm³/mol. The summed E-state index contributed by atoms with van der Waals surface area (Å²) >= 11 is 0. The van der Waals surface area contributed by atoms with Crippen molar-refractivity contribution in [2.45, 2.75) is 26.2 Å². The van der Waals surface area contributed by atoms with E-state index >= 15 is 0 Å². The molecule has 0 atom stereocenters. The van der Waals surface area contributed by atoms with Gasteiger partial charge in [0, 0.05) is 24.4 Å². The van der Waals surface area contributed by atoms with Crippen LogP contribution in [-0.4, -0.2) is 16.5 Å². The predicted octanol–water partition coefficient (Wildman–Crippen LogP) is 2.69. The minimum absolute atomic E-state index is 0.0526. The number of nitrogens with zero attached hydrogens (tertiary/aromatic N) is 1. The van der Waals surface area contributed by atoms with Gasteiger partial charge >= 0.3 is 0 Å². The van der Waals surface area contributed by atoms with Gasteiger partial charge in [-0.25, -0.2) is 4.98 Å². The van der Waals surface area contributed by atoms with Crippen LogP contribution in [0.4, 0.5) is 11.5 Å². The topological polar surface area (TPSA) is 66.7 Å². The Morgan fingerprint density at radius 2 is 2.22 bits per heavy atom. The standard InChI is InChI=1S/C14H20N4/c1-10-6-13(17-8-12(10)15)18-9-14(2,3)11-4-5-16-7-11/h4-8,16H,9,15H2,1-3H3,(H,17,18). The van der Waals surface area contributed by atoms with Gasteiger partial charge in [-0.2, -0.15) is 0 Å². The van der Waals surface area contributed by atoms with Crippen LogP contribution < -0.4 is 11.1 Å². The highest BCUT2D eigenvalue weighted by molar-refractivity contribution is 5.51. The molecule has 0 saturated carbocycles. The number of aromatic nitrogens is 2. The van der Waals surface area contributed by atoms with Crippen LogP contribution in [0.15, 0.2) is 30.7 Å². The van der Waals surface area contributed by atoms with E-state index in [9.17, 15) is 0 Å². The second kappa shape index (κ2) is 4.72. The quantitative estimate of drug-likeness (QED) is 0.774. The summed E-state index contributed by atoms with van der Waals surface area (Å²) in [7, 11) is 0. The summed E-state index contributed by atoms with van der Waals surface area (Å²) in [6, 6.07) is 4.08. The van der Waals surface area contributed by atoms with Crippen molar-refractivity contribution in [1.29, 1.82) is 0 Å². The molecule has 0 amide bonds. The monoisotopic (exact) mass is 244 g/mol. The van der Waals surface area contributed by atoms with Crippen molar-refractivity contribution in [3.8, 4) is 0 Å². The maximum Gasteiger partial charge on any atom is 0.126 e. The Bertz CT molecular complexity index is 515. The molecular weight excluding hydrogens is 224 g/mol. The van der Waals surface area contributed by atoms with Gasteiger partial charge in [-0.15, -0.1) is 0 Å². The molecule has 2 aromatic rings. The highest BCUT2D eigenvalue weighted by Crippen LogP contribution is 2.23. The van der Waals surface area contributed by atoms with Crippen molar-refractivity contribution in [3.63, 3.8) is 0 Å². The Balaban J connectivity index is 2.05. The van der Waals surface area contributed by atoms with Gasteiger partial charge in [-0.05, 0) is 30.2 Å². The van der Waals surface area contributed by atoms with Crippen LogP contribution in [0, 0.1) is 6.92 Å². The van der Waals surface area contributed by atoms with Gasteiger partial charge in [-0.3, -0.25) is 0 Å². The highest BCUT2D eigenvalue weighted by atomic mass is 15.0. The SMILES string of the molecule is Cc1cc(NCC(C)(C)c2cc[nH]c2)ncc1N. The fourth-order valence-corrected chi connectivity index (χ4v) is 1.82. The molecule has 0 aliphatic rings. The molecule has 18 heavy (non-hydrogen) atoms. The lowest BCUT2D eigenvalue weighted by atomic mass is 9.86. The summed E-state index contributed by atoms with van der Waals surface area (Å²) in [6.07, 6.45) is 5.67. The van der Waals surface area contributed by atoms with E-state index < -0.39 is 0 Å². The summed E-state index contributed by atoms with van der Waals surface area (Å²) in [6.45, 7) is 7.21. The Kier molecular flexibility index (Phi) is 3.28. The van der Waals surface area contributed by atoms with Gasteiger partial charge in [0.2, 0.25) is 0 Å². The summed E-state index contributed by atoms with van der Waals surface area (Å²) in [5.41, 5.74) is 8.86. The molecule has 0 unspecified atom stereocenters. The van der Waals surface area contributed by atoms with Gasteiger partial charge < -0.3 is 16.0 Å². The molecule has 4 nitrogen and oxygen atoms in total. The van der Waals surface area contributed by atoms with Gasteiger partial charge in [0.1, 0.15) is 5.82 Å². The van der Waals surface area contributed by atoms with E-state index in [0.29, 0.717) is 0 Å². The van der Waals surface area contributed by atoms with Crippen LogP contribution in [0.25, 0.3) is 0 Å². The third-order valence-electron chi connectivity index (χ3n) is 3.24. The first kappa shape index (κ1) is 12.5. The number of hydrogen-bond donors (Lipinski definition) is 3. The third kappa shape index (κ3) is 2.64. The zero-order valence-corrected chi connectivity index (χ0v) is 11.1. The van der Waals surface area contributed by atoms with Crippen molar-refractivity contribution >= 4 is 11.5 Å². The number of aryl methyl sites for hydroxylation is 1. The number of anilines is 2. The van der Waals surface area contributed by atoms with E-state index in [0.717, 1.165) is 23.6 Å². The van der Waals surface area contributed by atoms with Gasteiger partial charge in [0.05, 0.1) is 11.9 Å². The molecule has 2 rings (SSSR count). The number of nitrogens with two attached hydrogens (primary N) is 1. The van der Waals surface area contributed by atoms with Crippen molar-refractivity contribution in [2.24, 2.45) is 0 Å². The number of nitrogen functional groups attached to an aromatic ring is 1. The molecule has 0 bridgehead atoms. The number of nitrogens with one attached hydrogen (secondary N) is 2. The molecule has 0 aliphatic heterocycles. The first-order chi connectivity index (χ1) is 8.49. The summed E-state index contributed by atoms with van der Waals surface area (Å²) in [4.78, 5) is 7.37. The van der Waals surface area contributed by atoms with Gasteiger partial charge in [0.25, 0.3) is 0 Å². The van der Waals surface area contributed by atoms with Gasteiger partial charge in [0.15, 0.2) is 0 Å². The Morgan fingerprint density at radius 3 is 2.83 bits per heavy atom. The maximum absolute atomic E-state index is 5.75. The zero-order chi connectivity index (χ0) is 13.2. The molecule has 4 N–H and O–H groups in total. The van der Waals surface area contributed by atoms with Crippen LogP contribution >= 0.6 is 0 Å². The minimum Gasteiger partial charge on any atom is -0.397 e. The minimum atomic E-state index is 0.0526. The van der Waals surface area contributed by atoms with Crippen molar-refractivity contribution in [2.75, 3.05) is 17.6 Å². The van der Waals surface area contributed by atoms with E-state index in [1.54, 1.807) is 6.20 Å². The maximum atomic E-state index is 5.75. The lowest BCUT2D eigenvalue weighted by Gasteiger charge is -2.24. The average Bonchev–Trinajstić information content (AvgIpc) is 2.85. The van der Waals surface area contributed by atoms with E-state index in [2.05, 4.69) is 35.2 Å². The largest absolute Gasteiger partial charge is 0.397 e. The molecule has 0 aromatic carbocycles. The molecule has 2 aromatic heterocycles. The Labute approximate surface area is 108 Å². The van der Waals surface area contributed by atoms with Crippen LogP contribution in [0.2, 0.25) is 0 Å². The summed E-state index contributed by atoms with van der Waals surface area (Å²) < 4.78 is 0. The molecule has 0 radical (unpaired) electrons. The second-order valence-electron chi connectivity index (χ2n) is 5.26. The normalized spacial score (nSPS) is 11.5. The number of hydrogen-bond acceptors (Lipinski definition) is 3. The Morgan fingerprint density at radius 1 is 1.44 bits per heavy atom. The molecule has 0 aliphatic carbocycles. The fourth-order valence-electron chi connectivity index (χ4n) is 1.82. The molecule has 0 saturated heterocycles. The molecule has 0 spiro atoms.